The Morgan fingerprint density at radius 3 is 2.64 bits per heavy atom. The predicted octanol–water partition coefficient (Wildman–Crippen LogP) is 6.15. The first kappa shape index (κ1) is 22.8. The van der Waals surface area contributed by atoms with E-state index in [1.807, 2.05) is 0 Å². The van der Waals surface area contributed by atoms with Crippen molar-refractivity contribution in [1.29, 1.82) is 0 Å². The fourth-order valence-corrected chi connectivity index (χ4v) is 4.18. The van der Waals surface area contributed by atoms with Gasteiger partial charge in [-0.2, -0.15) is 0 Å². The Labute approximate surface area is 198 Å². The van der Waals surface area contributed by atoms with Crippen molar-refractivity contribution in [1.82, 2.24) is 4.90 Å². The van der Waals surface area contributed by atoms with Crippen LogP contribution >= 0.6 is 23.4 Å². The quantitative estimate of drug-likeness (QED) is 0.308. The van der Waals surface area contributed by atoms with Gasteiger partial charge in [0.1, 0.15) is 17.3 Å². The molecular formula is C24H17ClFNO5S. The van der Waals surface area contributed by atoms with Crippen LogP contribution in [0.15, 0.2) is 63.9 Å². The van der Waals surface area contributed by atoms with Crippen LogP contribution in [-0.2, 0) is 16.1 Å². The summed E-state index contributed by atoms with van der Waals surface area (Å²) < 4.78 is 23.9. The van der Waals surface area contributed by atoms with Gasteiger partial charge in [-0.05, 0) is 66.7 Å². The van der Waals surface area contributed by atoms with E-state index in [0.717, 1.165) is 16.7 Å². The number of esters is 1. The third kappa shape index (κ3) is 5.02. The van der Waals surface area contributed by atoms with Crippen LogP contribution in [0.5, 0.6) is 0 Å². The molecule has 1 saturated heterocycles. The fourth-order valence-electron chi connectivity index (χ4n) is 3.17. The Bertz CT molecular complexity index is 1270. The van der Waals surface area contributed by atoms with E-state index in [-0.39, 0.29) is 28.6 Å². The number of hydrogen-bond donors (Lipinski definition) is 0. The highest BCUT2D eigenvalue weighted by atomic mass is 35.5. The lowest BCUT2D eigenvalue weighted by Gasteiger charge is -2.12. The first-order valence-corrected chi connectivity index (χ1v) is 11.1. The molecule has 0 unspecified atom stereocenters. The zero-order chi connectivity index (χ0) is 23.5. The lowest BCUT2D eigenvalue weighted by Crippen LogP contribution is -2.27. The van der Waals surface area contributed by atoms with Crippen molar-refractivity contribution in [3.05, 3.63) is 87.2 Å². The minimum atomic E-state index is -0.536. The highest BCUT2D eigenvalue weighted by Crippen LogP contribution is 2.34. The van der Waals surface area contributed by atoms with Gasteiger partial charge in [-0.3, -0.25) is 14.5 Å². The maximum Gasteiger partial charge on any atom is 0.339 e. The van der Waals surface area contributed by atoms with Crippen molar-refractivity contribution in [3.63, 3.8) is 0 Å². The Morgan fingerprint density at radius 1 is 1.15 bits per heavy atom. The fraction of sp³-hybridized carbons (Fsp3) is 0.125. The molecule has 1 fully saturated rings. The molecule has 9 heteroatoms. The maximum absolute atomic E-state index is 13.1. The largest absolute Gasteiger partial charge is 0.462 e. The molecule has 168 valence electrons. The van der Waals surface area contributed by atoms with Crippen molar-refractivity contribution in [2.75, 3.05) is 6.61 Å². The summed E-state index contributed by atoms with van der Waals surface area (Å²) in [6.45, 7) is 1.98. The smallest absolute Gasteiger partial charge is 0.339 e. The summed E-state index contributed by atoms with van der Waals surface area (Å²) in [5.41, 5.74) is 1.46. The van der Waals surface area contributed by atoms with Crippen molar-refractivity contribution in [2.45, 2.75) is 13.5 Å². The lowest BCUT2D eigenvalue weighted by molar-refractivity contribution is -0.123. The number of thioether (sulfide) groups is 1. The molecule has 0 aliphatic carbocycles. The summed E-state index contributed by atoms with van der Waals surface area (Å²) in [6.07, 6.45) is 1.49. The molecule has 0 radical (unpaired) electrons. The van der Waals surface area contributed by atoms with Crippen LogP contribution in [-0.4, -0.2) is 28.6 Å². The van der Waals surface area contributed by atoms with E-state index < -0.39 is 22.9 Å². The zero-order valence-corrected chi connectivity index (χ0v) is 18.9. The predicted molar refractivity (Wildman–Crippen MR) is 123 cm³/mol. The third-order valence-electron chi connectivity index (χ3n) is 4.77. The first-order chi connectivity index (χ1) is 15.9. The average Bonchev–Trinajstić information content (AvgIpc) is 3.36. The molecule has 2 aromatic carbocycles. The Kier molecular flexibility index (Phi) is 6.67. The van der Waals surface area contributed by atoms with Crippen LogP contribution in [0, 0.1) is 5.82 Å². The summed E-state index contributed by atoms with van der Waals surface area (Å²) in [4.78, 5) is 38.5. The molecule has 3 aromatic rings. The molecule has 1 aliphatic heterocycles. The molecule has 6 nitrogen and oxygen atoms in total. The van der Waals surface area contributed by atoms with Gasteiger partial charge < -0.3 is 9.15 Å². The number of benzene rings is 2. The van der Waals surface area contributed by atoms with Gasteiger partial charge in [0, 0.05) is 11.6 Å². The highest BCUT2D eigenvalue weighted by Gasteiger charge is 2.35. The second-order valence-corrected chi connectivity index (χ2v) is 8.41. The number of ether oxygens (including phenoxy) is 1. The molecule has 0 saturated carbocycles. The van der Waals surface area contributed by atoms with E-state index in [2.05, 4.69) is 0 Å². The van der Waals surface area contributed by atoms with E-state index in [1.165, 1.54) is 30.3 Å². The van der Waals surface area contributed by atoms with Gasteiger partial charge in [-0.25, -0.2) is 9.18 Å². The normalized spacial score (nSPS) is 14.9. The standard InChI is InChI=1S/C24H17ClFNO5S/c1-2-31-23(29)18-11-15(5-9-19(18)25)20-10-8-17(32-20)12-21-22(28)27(24(30)33-21)13-14-3-6-16(26)7-4-14/h3-12H,2,13H2,1H3/b21-12+. The van der Waals surface area contributed by atoms with Crippen LogP contribution < -0.4 is 0 Å². The number of furan rings is 1. The number of rotatable bonds is 6. The van der Waals surface area contributed by atoms with Gasteiger partial charge in [-0.1, -0.05) is 23.7 Å². The van der Waals surface area contributed by atoms with Crippen molar-refractivity contribution in [2.24, 2.45) is 0 Å². The topological polar surface area (TPSA) is 76.8 Å². The maximum atomic E-state index is 13.1. The van der Waals surface area contributed by atoms with Gasteiger partial charge in [0.05, 0.1) is 28.6 Å². The Balaban J connectivity index is 1.53. The molecule has 0 atom stereocenters. The van der Waals surface area contributed by atoms with Crippen LogP contribution in [0.2, 0.25) is 5.02 Å². The molecule has 1 aromatic heterocycles. The van der Waals surface area contributed by atoms with Gasteiger partial charge in [-0.15, -0.1) is 0 Å². The lowest BCUT2D eigenvalue weighted by atomic mass is 10.1. The molecule has 1 aliphatic rings. The number of hydrogen-bond acceptors (Lipinski definition) is 6. The average molecular weight is 486 g/mol. The van der Waals surface area contributed by atoms with E-state index in [1.54, 1.807) is 37.3 Å². The molecule has 4 rings (SSSR count). The van der Waals surface area contributed by atoms with Gasteiger partial charge in [0.15, 0.2) is 0 Å². The highest BCUT2D eigenvalue weighted by molar-refractivity contribution is 8.18. The minimum Gasteiger partial charge on any atom is -0.462 e. The van der Waals surface area contributed by atoms with E-state index in [9.17, 15) is 18.8 Å². The molecule has 0 bridgehead atoms. The van der Waals surface area contributed by atoms with Crippen molar-refractivity contribution in [3.8, 4) is 11.3 Å². The molecule has 2 heterocycles. The van der Waals surface area contributed by atoms with Gasteiger partial charge >= 0.3 is 5.97 Å². The Morgan fingerprint density at radius 2 is 1.91 bits per heavy atom. The van der Waals surface area contributed by atoms with Gasteiger partial charge in [0.25, 0.3) is 11.1 Å². The SMILES string of the molecule is CCOC(=O)c1cc(-c2ccc(/C=C3/SC(=O)N(Cc4ccc(F)cc4)C3=O)o2)ccc1Cl. The molecular weight excluding hydrogens is 469 g/mol. The Hall–Kier alpha value is -3.36. The summed E-state index contributed by atoms with van der Waals surface area (Å²) in [5, 5.41) is -0.155. The van der Waals surface area contributed by atoms with E-state index in [4.69, 9.17) is 20.8 Å². The minimum absolute atomic E-state index is 0.0487. The first-order valence-electron chi connectivity index (χ1n) is 9.92. The zero-order valence-electron chi connectivity index (χ0n) is 17.3. The summed E-state index contributed by atoms with van der Waals surface area (Å²) in [6, 6.07) is 13.8. The van der Waals surface area contributed by atoms with Crippen LogP contribution in [0.1, 0.15) is 28.6 Å². The number of carbonyl (C=O) groups is 3. The monoisotopic (exact) mass is 485 g/mol. The van der Waals surface area contributed by atoms with Crippen molar-refractivity contribution >= 4 is 46.6 Å². The van der Waals surface area contributed by atoms with E-state index >= 15 is 0 Å². The van der Waals surface area contributed by atoms with E-state index in [0.29, 0.717) is 22.6 Å². The van der Waals surface area contributed by atoms with Crippen LogP contribution in [0.4, 0.5) is 9.18 Å². The number of carbonyl (C=O) groups excluding carboxylic acids is 3. The number of nitrogens with zero attached hydrogens (tertiary/aromatic N) is 1. The number of amides is 2. The molecule has 0 spiro atoms. The van der Waals surface area contributed by atoms with Crippen LogP contribution in [0.25, 0.3) is 17.4 Å². The molecule has 2 amide bonds. The van der Waals surface area contributed by atoms with Crippen molar-refractivity contribution < 1.29 is 27.9 Å². The summed E-state index contributed by atoms with van der Waals surface area (Å²) in [5.74, 6) is -0.565. The van der Waals surface area contributed by atoms with Crippen LogP contribution in [0.3, 0.4) is 0 Å². The number of halogens is 2. The second-order valence-electron chi connectivity index (χ2n) is 7.01. The van der Waals surface area contributed by atoms with Gasteiger partial charge in [0.2, 0.25) is 0 Å². The third-order valence-corrected chi connectivity index (χ3v) is 6.01. The molecule has 0 N–H and O–H groups in total. The number of imide groups is 1. The molecule has 33 heavy (non-hydrogen) atoms. The summed E-state index contributed by atoms with van der Waals surface area (Å²) in [7, 11) is 0. The second kappa shape index (κ2) is 9.64. The summed E-state index contributed by atoms with van der Waals surface area (Å²) >= 11 is 6.91.